The lowest BCUT2D eigenvalue weighted by Gasteiger charge is -2.01. The molecule has 0 aliphatic carbocycles. The Morgan fingerprint density at radius 3 is 1.63 bits per heavy atom. The van der Waals surface area contributed by atoms with Crippen LogP contribution in [0.5, 0.6) is 0 Å². The number of aliphatic carboxylic acids is 1. The number of hydrogen-bond acceptors (Lipinski definition) is 2. The minimum absolute atomic E-state index is 0.179. The van der Waals surface area contributed by atoms with Gasteiger partial charge < -0.3 is 10.4 Å². The molecule has 0 unspecified atom stereocenters. The third-order valence-electron chi connectivity index (χ3n) is 2.79. The molecule has 0 bridgehead atoms. The average molecular weight is 273 g/mol. The van der Waals surface area contributed by atoms with Gasteiger partial charge in [0.05, 0.1) is 0 Å². The standard InChI is InChI=1S/C13H27NO.C2H4O2/c1-3-4-5-6-7-8-9-10-11-12-13(15)14-2;1-2(3)4/h3-12H2,1-2H3,(H,14,15);1H3,(H,3,4). The van der Waals surface area contributed by atoms with Gasteiger partial charge in [-0.2, -0.15) is 0 Å². The molecule has 114 valence electrons. The second kappa shape index (κ2) is 16.9. The van der Waals surface area contributed by atoms with Crippen molar-refractivity contribution >= 4 is 11.9 Å². The van der Waals surface area contributed by atoms with Crippen LogP contribution in [0.1, 0.15) is 78.1 Å². The number of carboxylic acids is 1. The molecule has 0 spiro atoms. The normalized spacial score (nSPS) is 9.42. The molecule has 0 atom stereocenters. The summed E-state index contributed by atoms with van der Waals surface area (Å²) in [5.41, 5.74) is 0. The van der Waals surface area contributed by atoms with Crippen LogP contribution in [0.2, 0.25) is 0 Å². The Hall–Kier alpha value is -1.06. The molecule has 4 heteroatoms. The number of hydrogen-bond donors (Lipinski definition) is 2. The Balaban J connectivity index is 0. The maximum atomic E-state index is 10.9. The van der Waals surface area contributed by atoms with Gasteiger partial charge in [-0.1, -0.05) is 58.3 Å². The molecule has 0 aromatic carbocycles. The molecule has 0 saturated carbocycles. The number of carbonyl (C=O) groups excluding carboxylic acids is 1. The second-order valence-electron chi connectivity index (χ2n) is 4.77. The monoisotopic (exact) mass is 273 g/mol. The highest BCUT2D eigenvalue weighted by molar-refractivity contribution is 5.75. The molecule has 0 rings (SSSR count). The minimum Gasteiger partial charge on any atom is -0.481 e. The summed E-state index contributed by atoms with van der Waals surface area (Å²) in [6.07, 6.45) is 12.5. The number of carboxylic acid groups (broad SMARTS) is 1. The van der Waals surface area contributed by atoms with Crippen LogP contribution >= 0.6 is 0 Å². The third-order valence-corrected chi connectivity index (χ3v) is 2.79. The zero-order valence-corrected chi connectivity index (χ0v) is 12.8. The molecule has 0 saturated heterocycles. The molecule has 1 amide bonds. The Morgan fingerprint density at radius 2 is 1.26 bits per heavy atom. The van der Waals surface area contributed by atoms with Crippen molar-refractivity contribution in [1.82, 2.24) is 5.32 Å². The fourth-order valence-corrected chi connectivity index (χ4v) is 1.72. The highest BCUT2D eigenvalue weighted by atomic mass is 16.4. The van der Waals surface area contributed by atoms with Crippen molar-refractivity contribution in [3.05, 3.63) is 0 Å². The van der Waals surface area contributed by atoms with Crippen LogP contribution in [0.25, 0.3) is 0 Å². The van der Waals surface area contributed by atoms with Crippen molar-refractivity contribution in [2.45, 2.75) is 78.1 Å². The van der Waals surface area contributed by atoms with Crippen molar-refractivity contribution in [2.24, 2.45) is 0 Å². The van der Waals surface area contributed by atoms with E-state index in [1.807, 2.05) is 0 Å². The summed E-state index contributed by atoms with van der Waals surface area (Å²) < 4.78 is 0. The maximum Gasteiger partial charge on any atom is 0.300 e. The smallest absolute Gasteiger partial charge is 0.300 e. The summed E-state index contributed by atoms with van der Waals surface area (Å²) in [4.78, 5) is 19.9. The van der Waals surface area contributed by atoms with E-state index in [-0.39, 0.29) is 5.91 Å². The zero-order valence-electron chi connectivity index (χ0n) is 12.8. The quantitative estimate of drug-likeness (QED) is 0.596. The van der Waals surface area contributed by atoms with Gasteiger partial charge in [-0.15, -0.1) is 0 Å². The lowest BCUT2D eigenvalue weighted by Crippen LogP contribution is -2.16. The van der Waals surface area contributed by atoms with E-state index in [1.165, 1.54) is 51.4 Å². The molecule has 19 heavy (non-hydrogen) atoms. The topological polar surface area (TPSA) is 66.4 Å². The first-order valence-corrected chi connectivity index (χ1v) is 7.44. The van der Waals surface area contributed by atoms with Crippen molar-refractivity contribution in [1.29, 1.82) is 0 Å². The van der Waals surface area contributed by atoms with Crippen LogP contribution in [-0.2, 0) is 9.59 Å². The minimum atomic E-state index is -0.833. The molecule has 0 aromatic rings. The molecule has 0 aliphatic rings. The van der Waals surface area contributed by atoms with Crippen LogP contribution in [0.4, 0.5) is 0 Å². The summed E-state index contributed by atoms with van der Waals surface area (Å²) in [6, 6.07) is 0. The summed E-state index contributed by atoms with van der Waals surface area (Å²) in [6.45, 7) is 3.33. The van der Waals surface area contributed by atoms with E-state index in [4.69, 9.17) is 9.90 Å². The average Bonchev–Trinajstić information content (AvgIpc) is 2.36. The summed E-state index contributed by atoms with van der Waals surface area (Å²) in [7, 11) is 1.70. The molecule has 2 N–H and O–H groups in total. The van der Waals surface area contributed by atoms with Crippen molar-refractivity contribution in [2.75, 3.05) is 7.05 Å². The molecular formula is C15H31NO3. The molecule has 0 heterocycles. The fraction of sp³-hybridized carbons (Fsp3) is 0.867. The summed E-state index contributed by atoms with van der Waals surface area (Å²) in [5, 5.41) is 10.1. The van der Waals surface area contributed by atoms with Crippen LogP contribution < -0.4 is 5.32 Å². The molecule has 0 aromatic heterocycles. The van der Waals surface area contributed by atoms with E-state index in [1.54, 1.807) is 7.05 Å². The van der Waals surface area contributed by atoms with E-state index >= 15 is 0 Å². The molecule has 0 aliphatic heterocycles. The van der Waals surface area contributed by atoms with E-state index in [0.717, 1.165) is 13.3 Å². The van der Waals surface area contributed by atoms with E-state index < -0.39 is 5.97 Å². The number of rotatable bonds is 10. The van der Waals surface area contributed by atoms with Crippen molar-refractivity contribution in [3.63, 3.8) is 0 Å². The molecule has 0 radical (unpaired) electrons. The second-order valence-corrected chi connectivity index (χ2v) is 4.77. The van der Waals surface area contributed by atoms with E-state index in [0.29, 0.717) is 6.42 Å². The predicted molar refractivity (Wildman–Crippen MR) is 79.2 cm³/mol. The van der Waals surface area contributed by atoms with E-state index in [2.05, 4.69) is 12.2 Å². The Kier molecular flexibility index (Phi) is 18.1. The van der Waals surface area contributed by atoms with Gasteiger partial charge in [0.25, 0.3) is 5.97 Å². The van der Waals surface area contributed by atoms with Gasteiger partial charge in [0, 0.05) is 20.4 Å². The number of amides is 1. The SMILES string of the molecule is CC(=O)O.CCCCCCCCCCCC(=O)NC. The summed E-state index contributed by atoms with van der Waals surface area (Å²) in [5.74, 6) is -0.655. The lowest BCUT2D eigenvalue weighted by atomic mass is 10.1. The molecule has 4 nitrogen and oxygen atoms in total. The molecular weight excluding hydrogens is 242 g/mol. The first kappa shape index (κ1) is 20.3. The van der Waals surface area contributed by atoms with Crippen LogP contribution in [0.3, 0.4) is 0 Å². The third kappa shape index (κ3) is 26.5. The maximum absolute atomic E-state index is 10.9. The van der Waals surface area contributed by atoms with Gasteiger partial charge in [-0.25, -0.2) is 0 Å². The first-order valence-electron chi connectivity index (χ1n) is 7.44. The number of carbonyl (C=O) groups is 2. The van der Waals surface area contributed by atoms with Crippen molar-refractivity contribution < 1.29 is 14.7 Å². The van der Waals surface area contributed by atoms with Crippen LogP contribution in [0, 0.1) is 0 Å². The Bertz CT molecular complexity index is 213. The largest absolute Gasteiger partial charge is 0.481 e. The van der Waals surface area contributed by atoms with Gasteiger partial charge in [0.15, 0.2) is 0 Å². The number of nitrogens with one attached hydrogen (secondary N) is 1. The highest BCUT2D eigenvalue weighted by Crippen LogP contribution is 2.10. The first-order chi connectivity index (χ1) is 9.04. The predicted octanol–water partition coefficient (Wildman–Crippen LogP) is 3.74. The van der Waals surface area contributed by atoms with Crippen LogP contribution in [0.15, 0.2) is 0 Å². The van der Waals surface area contributed by atoms with Gasteiger partial charge in [0.2, 0.25) is 5.91 Å². The summed E-state index contributed by atoms with van der Waals surface area (Å²) >= 11 is 0. The van der Waals surface area contributed by atoms with Gasteiger partial charge in [-0.3, -0.25) is 9.59 Å². The Labute approximate surface area is 118 Å². The van der Waals surface area contributed by atoms with Crippen LogP contribution in [-0.4, -0.2) is 24.0 Å². The van der Waals surface area contributed by atoms with Crippen molar-refractivity contribution in [3.8, 4) is 0 Å². The lowest BCUT2D eigenvalue weighted by molar-refractivity contribution is -0.134. The highest BCUT2D eigenvalue weighted by Gasteiger charge is 1.97. The van der Waals surface area contributed by atoms with Gasteiger partial charge in [0.1, 0.15) is 0 Å². The molecule has 0 fully saturated rings. The fourth-order valence-electron chi connectivity index (χ4n) is 1.72. The zero-order chi connectivity index (χ0) is 14.9. The van der Waals surface area contributed by atoms with E-state index in [9.17, 15) is 4.79 Å². The number of unbranched alkanes of at least 4 members (excludes halogenated alkanes) is 8. The van der Waals surface area contributed by atoms with Gasteiger partial charge in [-0.05, 0) is 6.42 Å². The van der Waals surface area contributed by atoms with Gasteiger partial charge >= 0.3 is 0 Å². The Morgan fingerprint density at radius 1 is 0.895 bits per heavy atom.